The van der Waals surface area contributed by atoms with Crippen molar-refractivity contribution in [3.05, 3.63) is 58.5 Å². The number of carbonyl (C=O) groups is 1. The average Bonchev–Trinajstić information content (AvgIpc) is 2.86. The van der Waals surface area contributed by atoms with E-state index >= 15 is 0 Å². The number of ether oxygens (including phenoxy) is 1. The van der Waals surface area contributed by atoms with Gasteiger partial charge in [0.25, 0.3) is 5.91 Å². The second kappa shape index (κ2) is 7.03. The molecule has 1 fully saturated rings. The summed E-state index contributed by atoms with van der Waals surface area (Å²) < 4.78 is 5.10. The number of aryl methyl sites for hydroxylation is 1. The number of methoxy groups -OCH3 is 1. The maximum absolute atomic E-state index is 12.5. The first-order chi connectivity index (χ1) is 12.0. The van der Waals surface area contributed by atoms with Gasteiger partial charge in [0.1, 0.15) is 0 Å². The van der Waals surface area contributed by atoms with Crippen LogP contribution in [0.2, 0.25) is 0 Å². The lowest BCUT2D eigenvalue weighted by Gasteiger charge is -2.07. The van der Waals surface area contributed by atoms with Gasteiger partial charge in [-0.05, 0) is 54.6 Å². The fourth-order valence-corrected chi connectivity index (χ4v) is 3.30. The molecule has 0 spiro atoms. The number of aliphatic imine (C=N–C) groups is 1. The molecular weight excluding hydrogens is 336 g/mol. The summed E-state index contributed by atoms with van der Waals surface area (Å²) in [4.78, 5) is 19.1. The van der Waals surface area contributed by atoms with Crippen LogP contribution >= 0.6 is 11.8 Å². The van der Waals surface area contributed by atoms with Crippen molar-refractivity contribution in [2.24, 2.45) is 4.99 Å². The number of hydrogen-bond acceptors (Lipinski definition) is 5. The Morgan fingerprint density at radius 2 is 1.92 bits per heavy atom. The molecule has 0 saturated carbocycles. The Balaban J connectivity index is 1.89. The largest absolute Gasteiger partial charge is 0.504 e. The number of benzene rings is 2. The summed E-state index contributed by atoms with van der Waals surface area (Å²) in [5.74, 6) is 0.323. The summed E-state index contributed by atoms with van der Waals surface area (Å²) in [5, 5.41) is 10.3. The van der Waals surface area contributed by atoms with Gasteiger partial charge in [0, 0.05) is 7.05 Å². The van der Waals surface area contributed by atoms with Crippen molar-refractivity contribution >= 4 is 34.6 Å². The highest BCUT2D eigenvalue weighted by Crippen LogP contribution is 2.34. The summed E-state index contributed by atoms with van der Waals surface area (Å²) in [6.07, 6.45) is 1.77. The Morgan fingerprint density at radius 3 is 2.60 bits per heavy atom. The molecule has 25 heavy (non-hydrogen) atoms. The number of aromatic hydroxyl groups is 1. The minimum atomic E-state index is -0.108. The number of carbonyl (C=O) groups excluding carboxylic acids is 1. The van der Waals surface area contributed by atoms with Crippen LogP contribution in [0.1, 0.15) is 11.1 Å². The number of amidine groups is 1. The molecule has 0 bridgehead atoms. The van der Waals surface area contributed by atoms with Crippen molar-refractivity contribution in [3.63, 3.8) is 0 Å². The summed E-state index contributed by atoms with van der Waals surface area (Å²) in [6, 6.07) is 12.8. The van der Waals surface area contributed by atoms with E-state index in [1.165, 1.54) is 23.8 Å². The first-order valence-electron chi connectivity index (χ1n) is 7.68. The molecule has 2 aromatic rings. The first-order valence-corrected chi connectivity index (χ1v) is 8.49. The Hall–Kier alpha value is -2.73. The van der Waals surface area contributed by atoms with Gasteiger partial charge in [0.15, 0.2) is 16.7 Å². The molecule has 3 rings (SSSR count). The normalized spacial score (nSPS) is 17.6. The molecule has 1 N–H and O–H groups in total. The fourth-order valence-electron chi connectivity index (χ4n) is 2.32. The van der Waals surface area contributed by atoms with Crippen LogP contribution in [0.5, 0.6) is 11.5 Å². The molecule has 0 unspecified atom stereocenters. The van der Waals surface area contributed by atoms with Crippen LogP contribution in [0.3, 0.4) is 0 Å². The molecule has 1 saturated heterocycles. The van der Waals surface area contributed by atoms with E-state index in [2.05, 4.69) is 4.99 Å². The highest BCUT2D eigenvalue weighted by atomic mass is 32.2. The van der Waals surface area contributed by atoms with E-state index in [0.29, 0.717) is 15.8 Å². The molecule has 1 aliphatic rings. The molecule has 2 aromatic carbocycles. The number of phenols is 1. The van der Waals surface area contributed by atoms with Crippen LogP contribution in [-0.4, -0.2) is 35.2 Å². The lowest BCUT2D eigenvalue weighted by molar-refractivity contribution is -0.121. The topological polar surface area (TPSA) is 62.1 Å². The zero-order valence-corrected chi connectivity index (χ0v) is 15.0. The highest BCUT2D eigenvalue weighted by molar-refractivity contribution is 8.18. The highest BCUT2D eigenvalue weighted by Gasteiger charge is 2.30. The van der Waals surface area contributed by atoms with Crippen LogP contribution in [0.25, 0.3) is 6.08 Å². The Bertz CT molecular complexity index is 873. The molecule has 128 valence electrons. The minimum Gasteiger partial charge on any atom is -0.504 e. The van der Waals surface area contributed by atoms with Gasteiger partial charge in [-0.1, -0.05) is 23.8 Å². The molecular formula is C19H18N2O3S. The number of hydrogen-bond donors (Lipinski definition) is 1. The van der Waals surface area contributed by atoms with Gasteiger partial charge in [-0.2, -0.15) is 0 Å². The van der Waals surface area contributed by atoms with E-state index in [-0.39, 0.29) is 11.7 Å². The van der Waals surface area contributed by atoms with Crippen molar-refractivity contribution < 1.29 is 14.6 Å². The van der Waals surface area contributed by atoms with Crippen LogP contribution in [0, 0.1) is 6.92 Å². The molecule has 1 amide bonds. The van der Waals surface area contributed by atoms with Crippen molar-refractivity contribution in [2.45, 2.75) is 6.92 Å². The standard InChI is InChI=1S/C19H18N2O3S/c1-12-4-7-14(8-5-12)20-19-21(2)18(23)17(25-19)11-13-6-9-15(22)16(10-13)24-3/h4-11,22H,1-3H3/b17-11+,20-19?. The fraction of sp³-hybridized carbons (Fsp3) is 0.158. The molecule has 0 radical (unpaired) electrons. The van der Waals surface area contributed by atoms with Gasteiger partial charge in [-0.25, -0.2) is 4.99 Å². The smallest absolute Gasteiger partial charge is 0.266 e. The Labute approximate surface area is 150 Å². The van der Waals surface area contributed by atoms with E-state index in [9.17, 15) is 9.90 Å². The van der Waals surface area contributed by atoms with E-state index in [4.69, 9.17) is 4.74 Å². The third-order valence-corrected chi connectivity index (χ3v) is 4.82. The van der Waals surface area contributed by atoms with Gasteiger partial charge >= 0.3 is 0 Å². The van der Waals surface area contributed by atoms with Crippen molar-refractivity contribution in [1.82, 2.24) is 4.90 Å². The molecule has 5 nitrogen and oxygen atoms in total. The van der Waals surface area contributed by atoms with Crippen molar-refractivity contribution in [3.8, 4) is 11.5 Å². The van der Waals surface area contributed by atoms with Crippen molar-refractivity contribution in [2.75, 3.05) is 14.2 Å². The summed E-state index contributed by atoms with van der Waals surface area (Å²) >= 11 is 1.32. The molecule has 1 aliphatic heterocycles. The van der Waals surface area contributed by atoms with Gasteiger partial charge in [-0.3, -0.25) is 9.69 Å². The minimum absolute atomic E-state index is 0.0637. The van der Waals surface area contributed by atoms with Gasteiger partial charge in [-0.15, -0.1) is 0 Å². The van der Waals surface area contributed by atoms with E-state index in [1.807, 2.05) is 31.2 Å². The molecule has 1 heterocycles. The predicted octanol–water partition coefficient (Wildman–Crippen LogP) is 3.94. The number of phenolic OH excluding ortho intramolecular Hbond substituents is 1. The van der Waals surface area contributed by atoms with Crippen LogP contribution in [0.15, 0.2) is 52.4 Å². The number of nitrogens with zero attached hydrogens (tertiary/aromatic N) is 2. The number of thioether (sulfide) groups is 1. The average molecular weight is 354 g/mol. The van der Waals surface area contributed by atoms with Crippen LogP contribution in [0.4, 0.5) is 5.69 Å². The number of rotatable bonds is 3. The monoisotopic (exact) mass is 354 g/mol. The molecule has 0 atom stereocenters. The Morgan fingerprint density at radius 1 is 1.20 bits per heavy atom. The lowest BCUT2D eigenvalue weighted by atomic mass is 10.2. The third-order valence-electron chi connectivity index (χ3n) is 3.76. The molecule has 0 aliphatic carbocycles. The quantitative estimate of drug-likeness (QED) is 0.848. The summed E-state index contributed by atoms with van der Waals surface area (Å²) in [6.45, 7) is 2.02. The van der Waals surface area contributed by atoms with E-state index in [0.717, 1.165) is 16.8 Å². The maximum Gasteiger partial charge on any atom is 0.266 e. The SMILES string of the molecule is COc1cc(/C=C2/SC(=Nc3ccc(C)cc3)N(C)C2=O)ccc1O. The zero-order valence-electron chi connectivity index (χ0n) is 14.2. The summed E-state index contributed by atoms with van der Waals surface area (Å²) in [7, 11) is 3.20. The van der Waals surface area contributed by atoms with Gasteiger partial charge in [0.05, 0.1) is 17.7 Å². The summed E-state index contributed by atoms with van der Waals surface area (Å²) in [5.41, 5.74) is 2.74. The molecule has 0 aromatic heterocycles. The van der Waals surface area contributed by atoms with E-state index in [1.54, 1.807) is 31.3 Å². The maximum atomic E-state index is 12.5. The second-order valence-electron chi connectivity index (χ2n) is 5.64. The van der Waals surface area contributed by atoms with Gasteiger partial charge < -0.3 is 9.84 Å². The zero-order chi connectivity index (χ0) is 18.0. The number of likely N-dealkylation sites (N-methyl/N-ethyl adjacent to an activating group) is 1. The van der Waals surface area contributed by atoms with E-state index < -0.39 is 0 Å². The van der Waals surface area contributed by atoms with Gasteiger partial charge in [0.2, 0.25) is 0 Å². The van der Waals surface area contributed by atoms with Crippen LogP contribution in [-0.2, 0) is 4.79 Å². The third kappa shape index (κ3) is 3.69. The predicted molar refractivity (Wildman–Crippen MR) is 101 cm³/mol. The van der Waals surface area contributed by atoms with Crippen LogP contribution < -0.4 is 4.74 Å². The van der Waals surface area contributed by atoms with Crippen molar-refractivity contribution in [1.29, 1.82) is 0 Å². The molecule has 6 heteroatoms. The first kappa shape index (κ1) is 17.1. The second-order valence-corrected chi connectivity index (χ2v) is 6.65. The lowest BCUT2D eigenvalue weighted by Crippen LogP contribution is -2.23. The Kier molecular flexibility index (Phi) is 4.81. The number of amides is 1.